The second-order valence-electron chi connectivity index (χ2n) is 3.94. The zero-order valence-electron chi connectivity index (χ0n) is 10.00. The number of hydrogen-bond acceptors (Lipinski definition) is 3. The third-order valence-electron chi connectivity index (χ3n) is 2.45. The molecule has 3 nitrogen and oxygen atoms in total. The molecule has 3 N–H and O–H groups in total. The van der Waals surface area contributed by atoms with Crippen molar-refractivity contribution in [3.8, 4) is 11.5 Å². The summed E-state index contributed by atoms with van der Waals surface area (Å²) in [6.07, 6.45) is -2.87. The minimum Gasteiger partial charge on any atom is -0.508 e. The van der Waals surface area contributed by atoms with Gasteiger partial charge in [0.05, 0.1) is 6.61 Å². The highest BCUT2D eigenvalue weighted by atomic mass is 19.4. The number of ether oxygens (including phenoxy) is 1. The van der Waals surface area contributed by atoms with Crippen molar-refractivity contribution in [3.05, 3.63) is 23.8 Å². The molecule has 0 fully saturated rings. The molecule has 0 spiro atoms. The van der Waals surface area contributed by atoms with E-state index in [1.165, 1.54) is 6.07 Å². The van der Waals surface area contributed by atoms with Crippen molar-refractivity contribution in [2.24, 2.45) is 5.73 Å². The lowest BCUT2D eigenvalue weighted by Crippen LogP contribution is -2.28. The first-order valence-corrected chi connectivity index (χ1v) is 5.64. The Morgan fingerprint density at radius 3 is 2.61 bits per heavy atom. The molecule has 1 aromatic carbocycles. The molecule has 6 heteroatoms. The van der Waals surface area contributed by atoms with Crippen LogP contribution < -0.4 is 10.5 Å². The fourth-order valence-corrected chi connectivity index (χ4v) is 1.38. The molecule has 0 bridgehead atoms. The lowest BCUT2D eigenvalue weighted by atomic mass is 10.1. The van der Waals surface area contributed by atoms with E-state index >= 15 is 0 Å². The molecule has 0 aliphatic heterocycles. The second-order valence-corrected chi connectivity index (χ2v) is 3.94. The van der Waals surface area contributed by atoms with Gasteiger partial charge in [0.25, 0.3) is 0 Å². The van der Waals surface area contributed by atoms with Crippen molar-refractivity contribution >= 4 is 0 Å². The summed E-state index contributed by atoms with van der Waals surface area (Å²) in [7, 11) is 0. The highest BCUT2D eigenvalue weighted by Crippen LogP contribution is 2.36. The standard InChI is InChI=1S/C12H16F3NO2/c1-2-3-6-18-8-4-5-10(17)9(7-8)11(16)12(13,14)15/h4-5,7,11,17H,2-3,6,16H2,1H3/t11-/m1/s1. The number of rotatable bonds is 5. The smallest absolute Gasteiger partial charge is 0.407 e. The maximum atomic E-state index is 12.5. The van der Waals surface area contributed by atoms with Gasteiger partial charge < -0.3 is 15.6 Å². The van der Waals surface area contributed by atoms with Crippen LogP contribution in [-0.4, -0.2) is 17.9 Å². The Bertz CT molecular complexity index is 393. The first-order valence-electron chi connectivity index (χ1n) is 5.64. The minimum absolute atomic E-state index is 0.274. The number of phenols is 1. The molecular formula is C12H16F3NO2. The van der Waals surface area contributed by atoms with E-state index in [0.29, 0.717) is 6.61 Å². The molecule has 1 atom stereocenters. The van der Waals surface area contributed by atoms with E-state index in [4.69, 9.17) is 10.5 Å². The molecule has 0 aliphatic rings. The number of alkyl halides is 3. The van der Waals surface area contributed by atoms with Gasteiger partial charge in [-0.05, 0) is 24.6 Å². The van der Waals surface area contributed by atoms with Crippen LogP contribution in [0.4, 0.5) is 13.2 Å². The maximum absolute atomic E-state index is 12.5. The Hall–Kier alpha value is -1.43. The van der Waals surface area contributed by atoms with Crippen molar-refractivity contribution in [3.63, 3.8) is 0 Å². The van der Waals surface area contributed by atoms with E-state index < -0.39 is 18.0 Å². The molecule has 0 aliphatic carbocycles. The Kier molecular flexibility index (Phi) is 4.84. The molecule has 0 unspecified atom stereocenters. The van der Waals surface area contributed by atoms with E-state index in [0.717, 1.165) is 25.0 Å². The Morgan fingerprint density at radius 1 is 1.39 bits per heavy atom. The average molecular weight is 263 g/mol. The number of aromatic hydroxyl groups is 1. The number of phenolic OH excluding ortho intramolecular Hbond substituents is 1. The lowest BCUT2D eigenvalue weighted by Gasteiger charge is -2.18. The second kappa shape index (κ2) is 5.95. The molecule has 0 amide bonds. The SMILES string of the molecule is CCCCOc1ccc(O)c([C@@H](N)C(F)(F)F)c1. The van der Waals surface area contributed by atoms with Gasteiger partial charge >= 0.3 is 6.18 Å². The summed E-state index contributed by atoms with van der Waals surface area (Å²) in [4.78, 5) is 0. The summed E-state index contributed by atoms with van der Waals surface area (Å²) >= 11 is 0. The number of nitrogens with two attached hydrogens (primary N) is 1. The summed E-state index contributed by atoms with van der Waals surface area (Å²) in [6, 6.07) is 1.48. The van der Waals surface area contributed by atoms with Crippen LogP contribution in [-0.2, 0) is 0 Å². The molecule has 0 aromatic heterocycles. The predicted octanol–water partition coefficient (Wildman–Crippen LogP) is 3.13. The van der Waals surface area contributed by atoms with Crippen LogP contribution in [0.3, 0.4) is 0 Å². The van der Waals surface area contributed by atoms with Crippen molar-refractivity contribution in [2.75, 3.05) is 6.61 Å². The van der Waals surface area contributed by atoms with Gasteiger partial charge in [-0.2, -0.15) is 13.2 Å². The van der Waals surface area contributed by atoms with Crippen molar-refractivity contribution in [1.82, 2.24) is 0 Å². The Morgan fingerprint density at radius 2 is 2.06 bits per heavy atom. The first kappa shape index (κ1) is 14.6. The monoisotopic (exact) mass is 263 g/mol. The number of unbranched alkanes of at least 4 members (excludes halogenated alkanes) is 1. The summed E-state index contributed by atoms with van der Waals surface area (Å²) in [5, 5.41) is 9.40. The van der Waals surface area contributed by atoms with Gasteiger partial charge in [0.2, 0.25) is 0 Å². The quantitative estimate of drug-likeness (QED) is 0.802. The highest BCUT2D eigenvalue weighted by molar-refractivity contribution is 5.41. The van der Waals surface area contributed by atoms with Crippen molar-refractivity contribution in [1.29, 1.82) is 0 Å². The van der Waals surface area contributed by atoms with E-state index in [1.54, 1.807) is 0 Å². The number of hydrogen-bond donors (Lipinski definition) is 2. The molecule has 1 aromatic rings. The molecule has 0 radical (unpaired) electrons. The molecule has 18 heavy (non-hydrogen) atoms. The number of benzene rings is 1. The Balaban J connectivity index is 2.87. The van der Waals surface area contributed by atoms with Gasteiger partial charge in [-0.3, -0.25) is 0 Å². The normalized spacial score (nSPS) is 13.4. The fraction of sp³-hybridized carbons (Fsp3) is 0.500. The van der Waals surface area contributed by atoms with Gasteiger partial charge in [-0.1, -0.05) is 13.3 Å². The van der Waals surface area contributed by atoms with E-state index in [9.17, 15) is 18.3 Å². The summed E-state index contributed by atoms with van der Waals surface area (Å²) in [5.41, 5.74) is 4.68. The molecule has 0 saturated carbocycles. The summed E-state index contributed by atoms with van der Waals surface area (Å²) in [6.45, 7) is 2.40. The molecule has 102 valence electrons. The molecule has 0 saturated heterocycles. The van der Waals surface area contributed by atoms with Crippen LogP contribution in [0, 0.1) is 0 Å². The van der Waals surface area contributed by atoms with Crippen molar-refractivity contribution < 1.29 is 23.0 Å². The van der Waals surface area contributed by atoms with Gasteiger partial charge in [-0.25, -0.2) is 0 Å². The maximum Gasteiger partial charge on any atom is 0.407 e. The van der Waals surface area contributed by atoms with Crippen LogP contribution in [0.25, 0.3) is 0 Å². The topological polar surface area (TPSA) is 55.5 Å². The largest absolute Gasteiger partial charge is 0.508 e. The fourth-order valence-electron chi connectivity index (χ4n) is 1.38. The van der Waals surface area contributed by atoms with Gasteiger partial charge in [0.15, 0.2) is 0 Å². The van der Waals surface area contributed by atoms with E-state index in [-0.39, 0.29) is 11.3 Å². The van der Waals surface area contributed by atoms with Crippen molar-refractivity contribution in [2.45, 2.75) is 32.0 Å². The van der Waals surface area contributed by atoms with Crippen LogP contribution >= 0.6 is 0 Å². The highest BCUT2D eigenvalue weighted by Gasteiger charge is 2.39. The van der Waals surface area contributed by atoms with Gasteiger partial charge in [-0.15, -0.1) is 0 Å². The van der Waals surface area contributed by atoms with Crippen LogP contribution in [0.5, 0.6) is 11.5 Å². The Labute approximate surface area is 103 Å². The van der Waals surface area contributed by atoms with E-state index in [1.807, 2.05) is 6.92 Å². The molecule has 0 heterocycles. The van der Waals surface area contributed by atoms with E-state index in [2.05, 4.69) is 0 Å². The van der Waals surface area contributed by atoms with Gasteiger partial charge in [0, 0.05) is 5.56 Å². The molecule has 1 rings (SSSR count). The van der Waals surface area contributed by atoms with Crippen LogP contribution in [0.1, 0.15) is 31.4 Å². The number of halogens is 3. The molecular weight excluding hydrogens is 247 g/mol. The zero-order chi connectivity index (χ0) is 13.8. The van der Waals surface area contributed by atoms with Gasteiger partial charge in [0.1, 0.15) is 17.5 Å². The lowest BCUT2D eigenvalue weighted by molar-refractivity contribution is -0.149. The first-order chi connectivity index (χ1) is 8.36. The third-order valence-corrected chi connectivity index (χ3v) is 2.45. The minimum atomic E-state index is -4.60. The zero-order valence-corrected chi connectivity index (χ0v) is 10.00. The summed E-state index contributed by atoms with van der Waals surface area (Å²) < 4.78 is 42.7. The van der Waals surface area contributed by atoms with Crippen LogP contribution in [0.15, 0.2) is 18.2 Å². The predicted molar refractivity (Wildman–Crippen MR) is 61.5 cm³/mol. The average Bonchev–Trinajstić information content (AvgIpc) is 2.29. The third kappa shape index (κ3) is 3.80. The summed E-state index contributed by atoms with van der Waals surface area (Å²) in [5.74, 6) is -0.210. The van der Waals surface area contributed by atoms with Crippen LogP contribution in [0.2, 0.25) is 0 Å².